The number of aryl methyl sites for hydroxylation is 3. The third-order valence-corrected chi connectivity index (χ3v) is 5.52. The molecule has 0 aliphatic heterocycles. The molecular formula is C25H27N3O2. The van der Waals surface area contributed by atoms with Gasteiger partial charge in [0.05, 0.1) is 12.1 Å². The Morgan fingerprint density at radius 2 is 1.83 bits per heavy atom. The fraction of sp³-hybridized carbons (Fsp3) is 0.280. The number of aromatic nitrogens is 1. The maximum absolute atomic E-state index is 9.78. The number of nitrogens with zero attached hydrogens (tertiary/aromatic N) is 2. The van der Waals surface area contributed by atoms with Crippen molar-refractivity contribution in [2.75, 3.05) is 0 Å². The van der Waals surface area contributed by atoms with Gasteiger partial charge in [-0.15, -0.1) is 0 Å². The lowest BCUT2D eigenvalue weighted by molar-refractivity contribution is 0.234. The number of hydroxylamine groups is 1. The zero-order valence-electron chi connectivity index (χ0n) is 17.7. The SMILES string of the molecule is Cc1cc(C)cc(CN=C(NO)c2cccnc2Oc2ccc(C)c3c2CCC3)c1. The molecular weight excluding hydrogens is 374 g/mol. The quantitative estimate of drug-likeness (QED) is 0.350. The summed E-state index contributed by atoms with van der Waals surface area (Å²) in [5.74, 6) is 1.59. The Hall–Kier alpha value is -3.18. The van der Waals surface area contributed by atoms with Crippen LogP contribution in [0.25, 0.3) is 0 Å². The van der Waals surface area contributed by atoms with E-state index < -0.39 is 0 Å². The number of ether oxygens (including phenoxy) is 1. The number of pyridine rings is 1. The van der Waals surface area contributed by atoms with E-state index in [1.807, 2.05) is 18.2 Å². The van der Waals surface area contributed by atoms with Crippen LogP contribution in [0.4, 0.5) is 0 Å². The predicted octanol–water partition coefficient (Wildman–Crippen LogP) is 5.21. The third-order valence-electron chi connectivity index (χ3n) is 5.52. The van der Waals surface area contributed by atoms with Crippen LogP contribution in [-0.2, 0) is 19.4 Å². The van der Waals surface area contributed by atoms with Crippen molar-refractivity contribution in [1.29, 1.82) is 0 Å². The number of benzene rings is 2. The minimum absolute atomic E-state index is 0.334. The number of aliphatic imine (C=N–C) groups is 1. The van der Waals surface area contributed by atoms with Gasteiger partial charge in [0, 0.05) is 6.20 Å². The molecule has 5 heteroatoms. The van der Waals surface area contributed by atoms with E-state index in [0.29, 0.717) is 23.8 Å². The minimum Gasteiger partial charge on any atom is -0.438 e. The minimum atomic E-state index is 0.334. The summed E-state index contributed by atoms with van der Waals surface area (Å²) in [4.78, 5) is 9.01. The standard InChI is InChI=1S/C25H27N3O2/c1-16-12-17(2)14-19(13-16)15-27-24(28-29)22-8-5-11-26-25(22)30-23-10-9-18(3)20-6-4-7-21(20)23/h5,8-14,29H,4,6-7,15H2,1-3H3,(H,27,28). The molecule has 1 aliphatic carbocycles. The van der Waals surface area contributed by atoms with Gasteiger partial charge in [-0.1, -0.05) is 35.4 Å². The highest BCUT2D eigenvalue weighted by Gasteiger charge is 2.20. The summed E-state index contributed by atoms with van der Waals surface area (Å²) in [7, 11) is 0. The van der Waals surface area contributed by atoms with Gasteiger partial charge >= 0.3 is 0 Å². The van der Waals surface area contributed by atoms with Gasteiger partial charge in [-0.05, 0) is 80.5 Å². The van der Waals surface area contributed by atoms with E-state index in [0.717, 1.165) is 30.6 Å². The van der Waals surface area contributed by atoms with Gasteiger partial charge in [-0.2, -0.15) is 0 Å². The van der Waals surface area contributed by atoms with Crippen molar-refractivity contribution in [3.05, 3.63) is 87.6 Å². The van der Waals surface area contributed by atoms with Gasteiger partial charge in [0.15, 0.2) is 5.84 Å². The lowest BCUT2D eigenvalue weighted by atomic mass is 10.0. The largest absolute Gasteiger partial charge is 0.438 e. The highest BCUT2D eigenvalue weighted by atomic mass is 16.5. The van der Waals surface area contributed by atoms with Gasteiger partial charge < -0.3 is 4.74 Å². The number of hydrogen-bond acceptors (Lipinski definition) is 4. The van der Waals surface area contributed by atoms with Crippen molar-refractivity contribution in [1.82, 2.24) is 10.5 Å². The van der Waals surface area contributed by atoms with Crippen LogP contribution in [0.1, 0.15) is 45.4 Å². The normalized spacial score (nSPS) is 13.3. The van der Waals surface area contributed by atoms with E-state index in [-0.39, 0.29) is 0 Å². The second-order valence-electron chi connectivity index (χ2n) is 7.92. The summed E-state index contributed by atoms with van der Waals surface area (Å²) in [6.07, 6.45) is 4.94. The molecule has 0 fully saturated rings. The molecule has 0 atom stereocenters. The molecule has 1 aliphatic rings. The number of hydrogen-bond donors (Lipinski definition) is 2. The van der Waals surface area contributed by atoms with E-state index in [1.54, 1.807) is 6.20 Å². The molecule has 1 aromatic heterocycles. The van der Waals surface area contributed by atoms with Crippen molar-refractivity contribution in [3.8, 4) is 11.6 Å². The Labute approximate surface area is 177 Å². The Balaban J connectivity index is 1.64. The van der Waals surface area contributed by atoms with Gasteiger partial charge in [0.25, 0.3) is 0 Å². The van der Waals surface area contributed by atoms with Crippen LogP contribution in [0.5, 0.6) is 11.6 Å². The lowest BCUT2D eigenvalue weighted by Crippen LogP contribution is -2.21. The van der Waals surface area contributed by atoms with E-state index in [9.17, 15) is 5.21 Å². The second kappa shape index (κ2) is 8.67. The van der Waals surface area contributed by atoms with Crippen molar-refractivity contribution in [2.24, 2.45) is 4.99 Å². The van der Waals surface area contributed by atoms with Gasteiger partial charge in [0.2, 0.25) is 5.88 Å². The van der Waals surface area contributed by atoms with Crippen molar-refractivity contribution >= 4 is 5.84 Å². The molecule has 0 amide bonds. The molecule has 3 aromatic rings. The zero-order chi connectivity index (χ0) is 21.1. The summed E-state index contributed by atoms with van der Waals surface area (Å²) in [5, 5.41) is 9.78. The lowest BCUT2D eigenvalue weighted by Gasteiger charge is -2.15. The molecule has 1 heterocycles. The molecule has 0 unspecified atom stereocenters. The molecule has 30 heavy (non-hydrogen) atoms. The van der Waals surface area contributed by atoms with Crippen LogP contribution in [-0.4, -0.2) is 16.0 Å². The Morgan fingerprint density at radius 1 is 1.07 bits per heavy atom. The molecule has 4 rings (SSSR count). The highest BCUT2D eigenvalue weighted by molar-refractivity contribution is 6.00. The van der Waals surface area contributed by atoms with E-state index >= 15 is 0 Å². The Bertz CT molecular complexity index is 1090. The number of fused-ring (bicyclic) bond motifs is 1. The Morgan fingerprint density at radius 3 is 2.60 bits per heavy atom. The second-order valence-corrected chi connectivity index (χ2v) is 7.92. The summed E-state index contributed by atoms with van der Waals surface area (Å²) < 4.78 is 6.24. The van der Waals surface area contributed by atoms with Gasteiger partial charge in [0.1, 0.15) is 5.75 Å². The fourth-order valence-corrected chi connectivity index (χ4v) is 4.22. The van der Waals surface area contributed by atoms with E-state index in [4.69, 9.17) is 4.74 Å². The summed E-state index contributed by atoms with van der Waals surface area (Å²) in [6, 6.07) is 14.1. The van der Waals surface area contributed by atoms with E-state index in [1.165, 1.54) is 27.8 Å². The molecule has 154 valence electrons. The van der Waals surface area contributed by atoms with Crippen LogP contribution in [0.2, 0.25) is 0 Å². The van der Waals surface area contributed by atoms with Crippen LogP contribution in [0.15, 0.2) is 53.7 Å². The van der Waals surface area contributed by atoms with Gasteiger partial charge in [-0.25, -0.2) is 4.98 Å². The van der Waals surface area contributed by atoms with Crippen LogP contribution in [0.3, 0.4) is 0 Å². The molecule has 0 radical (unpaired) electrons. The summed E-state index contributed by atoms with van der Waals surface area (Å²) in [5.41, 5.74) is 10.3. The Kier molecular flexibility index (Phi) is 5.81. The van der Waals surface area contributed by atoms with Gasteiger partial charge in [-0.3, -0.25) is 15.7 Å². The average molecular weight is 402 g/mol. The van der Waals surface area contributed by atoms with E-state index in [2.05, 4.69) is 60.5 Å². The number of nitrogens with one attached hydrogen (secondary N) is 1. The zero-order valence-corrected chi connectivity index (χ0v) is 17.7. The highest BCUT2D eigenvalue weighted by Crippen LogP contribution is 2.35. The summed E-state index contributed by atoms with van der Waals surface area (Å²) >= 11 is 0. The first kappa shape index (κ1) is 20.1. The third kappa shape index (κ3) is 4.21. The van der Waals surface area contributed by atoms with Crippen LogP contribution < -0.4 is 10.2 Å². The average Bonchev–Trinajstić information content (AvgIpc) is 3.22. The first-order chi connectivity index (χ1) is 14.5. The maximum atomic E-state index is 9.78. The molecule has 5 nitrogen and oxygen atoms in total. The van der Waals surface area contributed by atoms with Crippen molar-refractivity contribution in [3.63, 3.8) is 0 Å². The first-order valence-corrected chi connectivity index (χ1v) is 10.3. The predicted molar refractivity (Wildman–Crippen MR) is 119 cm³/mol. The monoisotopic (exact) mass is 401 g/mol. The van der Waals surface area contributed by atoms with Crippen molar-refractivity contribution in [2.45, 2.75) is 46.6 Å². The first-order valence-electron chi connectivity index (χ1n) is 10.3. The number of rotatable bonds is 5. The molecule has 2 aromatic carbocycles. The smallest absolute Gasteiger partial charge is 0.230 e. The van der Waals surface area contributed by atoms with Crippen molar-refractivity contribution < 1.29 is 9.94 Å². The topological polar surface area (TPSA) is 66.7 Å². The summed E-state index contributed by atoms with van der Waals surface area (Å²) in [6.45, 7) is 6.73. The molecule has 0 spiro atoms. The number of amidine groups is 1. The molecule has 0 saturated heterocycles. The maximum Gasteiger partial charge on any atom is 0.230 e. The molecule has 2 N–H and O–H groups in total. The van der Waals surface area contributed by atoms with Crippen LogP contribution in [0, 0.1) is 20.8 Å². The molecule has 0 bridgehead atoms. The fourth-order valence-electron chi connectivity index (χ4n) is 4.22. The van der Waals surface area contributed by atoms with Crippen LogP contribution >= 0.6 is 0 Å². The molecule has 0 saturated carbocycles.